The smallest absolute Gasteiger partial charge is 0.227 e. The van der Waals surface area contributed by atoms with Gasteiger partial charge in [0.05, 0.1) is 0 Å². The van der Waals surface area contributed by atoms with Gasteiger partial charge in [-0.2, -0.15) is 0 Å². The van der Waals surface area contributed by atoms with Gasteiger partial charge < -0.3 is 10.6 Å². The molecule has 3 heteroatoms. The SMILES string of the molecule is Cc1cccc2c1N(CCN)C(=O)CC2. The minimum atomic E-state index is 0.197. The van der Waals surface area contributed by atoms with Gasteiger partial charge in [0.25, 0.3) is 0 Å². The van der Waals surface area contributed by atoms with E-state index in [-0.39, 0.29) is 5.91 Å². The van der Waals surface area contributed by atoms with Gasteiger partial charge >= 0.3 is 0 Å². The summed E-state index contributed by atoms with van der Waals surface area (Å²) in [5.41, 5.74) is 9.05. The number of fused-ring (bicyclic) bond motifs is 1. The molecule has 1 aromatic carbocycles. The summed E-state index contributed by atoms with van der Waals surface area (Å²) in [5, 5.41) is 0. The summed E-state index contributed by atoms with van der Waals surface area (Å²) in [6, 6.07) is 6.18. The van der Waals surface area contributed by atoms with Crippen LogP contribution in [0.3, 0.4) is 0 Å². The molecule has 0 saturated carbocycles. The van der Waals surface area contributed by atoms with Crippen LogP contribution in [0.15, 0.2) is 18.2 Å². The Morgan fingerprint density at radius 2 is 2.20 bits per heavy atom. The molecule has 1 aliphatic rings. The van der Waals surface area contributed by atoms with Gasteiger partial charge in [0.2, 0.25) is 5.91 Å². The number of rotatable bonds is 2. The van der Waals surface area contributed by atoms with Crippen molar-refractivity contribution in [3.05, 3.63) is 29.3 Å². The van der Waals surface area contributed by atoms with Crippen LogP contribution in [-0.4, -0.2) is 19.0 Å². The third-order valence-corrected chi connectivity index (χ3v) is 2.85. The average molecular weight is 204 g/mol. The Morgan fingerprint density at radius 1 is 1.40 bits per heavy atom. The van der Waals surface area contributed by atoms with E-state index >= 15 is 0 Å². The molecule has 0 bridgehead atoms. The van der Waals surface area contributed by atoms with Crippen LogP contribution >= 0.6 is 0 Å². The Kier molecular flexibility index (Phi) is 2.73. The molecular formula is C12H16N2O. The molecule has 0 aromatic heterocycles. The van der Waals surface area contributed by atoms with Crippen LogP contribution in [0.5, 0.6) is 0 Å². The van der Waals surface area contributed by atoms with Crippen molar-refractivity contribution in [2.24, 2.45) is 5.73 Å². The minimum Gasteiger partial charge on any atom is -0.329 e. The second-order valence-electron chi connectivity index (χ2n) is 3.92. The lowest BCUT2D eigenvalue weighted by Crippen LogP contribution is -2.39. The first-order valence-corrected chi connectivity index (χ1v) is 5.33. The van der Waals surface area contributed by atoms with Gasteiger partial charge in [-0.05, 0) is 24.5 Å². The van der Waals surface area contributed by atoms with Crippen molar-refractivity contribution < 1.29 is 4.79 Å². The molecular weight excluding hydrogens is 188 g/mol. The molecule has 0 atom stereocenters. The van der Waals surface area contributed by atoms with E-state index in [2.05, 4.69) is 6.07 Å². The fourth-order valence-corrected chi connectivity index (χ4v) is 2.17. The van der Waals surface area contributed by atoms with E-state index in [1.54, 1.807) is 0 Å². The quantitative estimate of drug-likeness (QED) is 0.787. The van der Waals surface area contributed by atoms with Gasteiger partial charge in [-0.3, -0.25) is 4.79 Å². The van der Waals surface area contributed by atoms with E-state index < -0.39 is 0 Å². The first-order chi connectivity index (χ1) is 7.24. The molecule has 2 N–H and O–H groups in total. The summed E-state index contributed by atoms with van der Waals surface area (Å²) < 4.78 is 0. The lowest BCUT2D eigenvalue weighted by molar-refractivity contribution is -0.118. The highest BCUT2D eigenvalue weighted by Gasteiger charge is 2.24. The number of carbonyl (C=O) groups excluding carboxylic acids is 1. The lowest BCUT2D eigenvalue weighted by atomic mass is 9.98. The van der Waals surface area contributed by atoms with Crippen LogP contribution in [0.25, 0.3) is 0 Å². The maximum absolute atomic E-state index is 11.8. The van der Waals surface area contributed by atoms with Crippen LogP contribution in [0.4, 0.5) is 5.69 Å². The summed E-state index contributed by atoms with van der Waals surface area (Å²) >= 11 is 0. The molecule has 3 nitrogen and oxygen atoms in total. The number of hydrogen-bond acceptors (Lipinski definition) is 2. The number of nitrogens with zero attached hydrogens (tertiary/aromatic N) is 1. The number of anilines is 1. The molecule has 0 fully saturated rings. The second kappa shape index (κ2) is 4.03. The zero-order valence-corrected chi connectivity index (χ0v) is 8.99. The summed E-state index contributed by atoms with van der Waals surface area (Å²) in [7, 11) is 0. The Bertz CT molecular complexity index is 387. The predicted molar refractivity (Wildman–Crippen MR) is 60.9 cm³/mol. The van der Waals surface area contributed by atoms with Crippen LogP contribution in [0.2, 0.25) is 0 Å². The number of nitrogens with two attached hydrogens (primary N) is 1. The van der Waals surface area contributed by atoms with Gasteiger partial charge in [0, 0.05) is 25.2 Å². The molecule has 80 valence electrons. The number of amides is 1. The zero-order valence-electron chi connectivity index (χ0n) is 8.99. The van der Waals surface area contributed by atoms with E-state index in [0.29, 0.717) is 19.5 Å². The molecule has 0 saturated heterocycles. The first kappa shape index (κ1) is 10.2. The maximum atomic E-state index is 11.8. The molecule has 0 unspecified atom stereocenters. The van der Waals surface area contributed by atoms with Crippen LogP contribution < -0.4 is 10.6 Å². The summed E-state index contributed by atoms with van der Waals surface area (Å²) in [6.07, 6.45) is 1.47. The van der Waals surface area contributed by atoms with Crippen molar-refractivity contribution in [3.8, 4) is 0 Å². The third kappa shape index (κ3) is 1.75. The molecule has 1 heterocycles. The average Bonchev–Trinajstić information content (AvgIpc) is 2.23. The van der Waals surface area contributed by atoms with Gasteiger partial charge in [-0.25, -0.2) is 0 Å². The number of hydrogen-bond donors (Lipinski definition) is 1. The van der Waals surface area contributed by atoms with Gasteiger partial charge in [0.1, 0.15) is 0 Å². The largest absolute Gasteiger partial charge is 0.329 e. The van der Waals surface area contributed by atoms with E-state index in [4.69, 9.17) is 5.73 Å². The summed E-state index contributed by atoms with van der Waals surface area (Å²) in [6.45, 7) is 3.18. The molecule has 15 heavy (non-hydrogen) atoms. The van der Waals surface area contributed by atoms with Crippen LogP contribution in [-0.2, 0) is 11.2 Å². The first-order valence-electron chi connectivity index (χ1n) is 5.33. The predicted octanol–water partition coefficient (Wildman–Crippen LogP) is 1.23. The molecule has 1 aromatic rings. The highest BCUT2D eigenvalue weighted by Crippen LogP contribution is 2.30. The van der Waals surface area contributed by atoms with Crippen LogP contribution in [0.1, 0.15) is 17.5 Å². The van der Waals surface area contributed by atoms with E-state index in [0.717, 1.165) is 17.7 Å². The zero-order chi connectivity index (χ0) is 10.8. The molecule has 1 amide bonds. The van der Waals surface area contributed by atoms with E-state index in [9.17, 15) is 4.79 Å². The van der Waals surface area contributed by atoms with Gasteiger partial charge in [0.15, 0.2) is 0 Å². The lowest BCUT2D eigenvalue weighted by Gasteiger charge is -2.30. The monoisotopic (exact) mass is 204 g/mol. The number of benzene rings is 1. The fourth-order valence-electron chi connectivity index (χ4n) is 2.17. The summed E-state index contributed by atoms with van der Waals surface area (Å²) in [4.78, 5) is 13.6. The van der Waals surface area contributed by atoms with Crippen molar-refractivity contribution in [1.82, 2.24) is 0 Å². The van der Waals surface area contributed by atoms with Crippen molar-refractivity contribution in [3.63, 3.8) is 0 Å². The Morgan fingerprint density at radius 3 is 2.93 bits per heavy atom. The topological polar surface area (TPSA) is 46.3 Å². The van der Waals surface area contributed by atoms with Crippen molar-refractivity contribution in [1.29, 1.82) is 0 Å². The number of para-hydroxylation sites is 1. The highest BCUT2D eigenvalue weighted by atomic mass is 16.2. The molecule has 2 rings (SSSR count). The molecule has 0 aliphatic carbocycles. The maximum Gasteiger partial charge on any atom is 0.227 e. The number of carbonyl (C=O) groups is 1. The van der Waals surface area contributed by atoms with Crippen molar-refractivity contribution >= 4 is 11.6 Å². The molecule has 1 aliphatic heterocycles. The second-order valence-corrected chi connectivity index (χ2v) is 3.92. The Labute approximate surface area is 89.9 Å². The van der Waals surface area contributed by atoms with E-state index in [1.165, 1.54) is 5.56 Å². The third-order valence-electron chi connectivity index (χ3n) is 2.85. The molecule has 0 radical (unpaired) electrons. The Balaban J connectivity index is 2.45. The van der Waals surface area contributed by atoms with Crippen molar-refractivity contribution in [2.45, 2.75) is 19.8 Å². The van der Waals surface area contributed by atoms with Gasteiger partial charge in [-0.1, -0.05) is 18.2 Å². The summed E-state index contributed by atoms with van der Waals surface area (Å²) in [5.74, 6) is 0.197. The highest BCUT2D eigenvalue weighted by molar-refractivity contribution is 5.97. The minimum absolute atomic E-state index is 0.197. The van der Waals surface area contributed by atoms with E-state index in [1.807, 2.05) is 24.0 Å². The number of aryl methyl sites for hydroxylation is 2. The van der Waals surface area contributed by atoms with Crippen molar-refractivity contribution in [2.75, 3.05) is 18.0 Å². The standard InChI is InChI=1S/C12H16N2O/c1-9-3-2-4-10-5-6-11(15)14(8-7-13)12(9)10/h2-4H,5-8,13H2,1H3. The molecule has 0 spiro atoms. The normalized spacial score (nSPS) is 15.3. The Hall–Kier alpha value is -1.35. The fraction of sp³-hybridized carbons (Fsp3) is 0.417. The van der Waals surface area contributed by atoms with Gasteiger partial charge in [-0.15, -0.1) is 0 Å². The van der Waals surface area contributed by atoms with Crippen LogP contribution in [0, 0.1) is 6.92 Å².